The smallest absolute Gasteiger partial charge is 0.245 e. The Balaban J connectivity index is 1.39. The molecule has 4 heteroatoms. The molecule has 1 aliphatic heterocycles. The van der Waals surface area contributed by atoms with Crippen LogP contribution in [-0.2, 0) is 10.2 Å². The minimum absolute atomic E-state index is 0.179. The number of likely N-dealkylation sites (tertiary alicyclic amines) is 1. The van der Waals surface area contributed by atoms with Crippen LogP contribution < -0.4 is 11.1 Å². The van der Waals surface area contributed by atoms with Crippen molar-refractivity contribution in [2.24, 2.45) is 5.73 Å². The maximum atomic E-state index is 12.4. The number of hydrogen-bond acceptors (Lipinski definition) is 3. The van der Waals surface area contributed by atoms with Crippen LogP contribution in [0.1, 0.15) is 42.9 Å². The fourth-order valence-electron chi connectivity index (χ4n) is 4.00. The van der Waals surface area contributed by atoms with Crippen LogP contribution in [-0.4, -0.2) is 30.4 Å². The summed E-state index contributed by atoms with van der Waals surface area (Å²) in [6.45, 7) is 3.66. The minimum Gasteiger partial charge on any atom is -0.324 e. The van der Waals surface area contributed by atoms with E-state index in [0.717, 1.165) is 11.3 Å². The third-order valence-corrected chi connectivity index (χ3v) is 5.78. The molecule has 0 spiro atoms. The van der Waals surface area contributed by atoms with E-state index in [1.165, 1.54) is 50.9 Å². The summed E-state index contributed by atoms with van der Waals surface area (Å²) in [5.41, 5.74) is 9.44. The zero-order valence-electron chi connectivity index (χ0n) is 15.2. The quantitative estimate of drug-likeness (QED) is 0.840. The molecule has 2 aliphatic rings. The van der Waals surface area contributed by atoms with Crippen molar-refractivity contribution >= 4 is 11.6 Å². The summed E-state index contributed by atoms with van der Waals surface area (Å²) in [7, 11) is 0. The number of hydrogen-bond donors (Lipinski definition) is 2. The largest absolute Gasteiger partial charge is 0.324 e. The average Bonchev–Trinajstić information content (AvgIpc) is 3.27. The molecular weight excluding hydrogens is 322 g/mol. The van der Waals surface area contributed by atoms with Crippen molar-refractivity contribution in [3.8, 4) is 0 Å². The Morgan fingerprint density at radius 1 is 1.04 bits per heavy atom. The van der Waals surface area contributed by atoms with Crippen LogP contribution >= 0.6 is 0 Å². The van der Waals surface area contributed by atoms with Gasteiger partial charge in [0.2, 0.25) is 5.91 Å². The Labute approximate surface area is 155 Å². The number of carbonyl (C=O) groups excluding carboxylic acids is 1. The van der Waals surface area contributed by atoms with Gasteiger partial charge in [-0.25, -0.2) is 0 Å². The van der Waals surface area contributed by atoms with E-state index in [4.69, 9.17) is 5.73 Å². The third kappa shape index (κ3) is 3.67. The van der Waals surface area contributed by atoms with Crippen molar-refractivity contribution in [2.75, 3.05) is 25.0 Å². The molecule has 1 aliphatic carbocycles. The van der Waals surface area contributed by atoms with Crippen LogP contribution in [0.2, 0.25) is 0 Å². The molecule has 1 atom stereocenters. The van der Waals surface area contributed by atoms with Crippen molar-refractivity contribution < 1.29 is 4.79 Å². The number of amides is 1. The summed E-state index contributed by atoms with van der Waals surface area (Å²) in [6.07, 6.45) is 5.22. The van der Waals surface area contributed by atoms with Crippen molar-refractivity contribution in [1.29, 1.82) is 0 Å². The van der Waals surface area contributed by atoms with E-state index in [2.05, 4.69) is 22.3 Å². The van der Waals surface area contributed by atoms with Gasteiger partial charge in [-0.05, 0) is 62.0 Å². The highest BCUT2D eigenvalue weighted by Crippen LogP contribution is 2.49. The molecule has 4 nitrogen and oxygen atoms in total. The lowest BCUT2D eigenvalue weighted by molar-refractivity contribution is -0.117. The summed E-state index contributed by atoms with van der Waals surface area (Å²) in [5.74, 6) is -0.179. The first-order valence-corrected chi connectivity index (χ1v) is 9.61. The van der Waals surface area contributed by atoms with Gasteiger partial charge in [0.05, 0.1) is 0 Å². The van der Waals surface area contributed by atoms with Crippen molar-refractivity contribution in [1.82, 2.24) is 4.90 Å². The first-order chi connectivity index (χ1) is 12.7. The predicted molar refractivity (Wildman–Crippen MR) is 105 cm³/mol. The van der Waals surface area contributed by atoms with Gasteiger partial charge >= 0.3 is 0 Å². The highest BCUT2D eigenvalue weighted by Gasteiger charge is 2.45. The summed E-state index contributed by atoms with van der Waals surface area (Å²) in [4.78, 5) is 15.0. The Morgan fingerprint density at radius 3 is 2.31 bits per heavy atom. The Bertz CT molecular complexity index is 747. The summed E-state index contributed by atoms with van der Waals surface area (Å²) >= 11 is 0. The molecular formula is C22H27N3O. The fourth-order valence-corrected chi connectivity index (χ4v) is 4.00. The number of nitrogens with zero attached hydrogens (tertiary/aromatic N) is 1. The number of anilines is 1. The maximum Gasteiger partial charge on any atom is 0.245 e. The van der Waals surface area contributed by atoms with Crippen LogP contribution in [0.4, 0.5) is 5.69 Å². The molecule has 4 rings (SSSR count). The molecule has 2 fully saturated rings. The standard InChI is InChI=1S/C22H27N3O/c23-20(17-6-2-1-3-7-17)21(26)24-19-10-8-18(9-11-19)22(12-13-22)16-25-14-4-5-15-25/h1-3,6-11,20H,4-5,12-16,23H2,(H,24,26). The van der Waals surface area contributed by atoms with E-state index in [9.17, 15) is 4.79 Å². The molecule has 1 heterocycles. The SMILES string of the molecule is NC(C(=O)Nc1ccc(C2(CN3CCCC3)CC2)cc1)c1ccccc1. The molecule has 2 aromatic rings. The number of nitrogens with one attached hydrogen (secondary N) is 1. The van der Waals surface area contributed by atoms with Gasteiger partial charge in [-0.2, -0.15) is 0 Å². The van der Waals surface area contributed by atoms with Crippen molar-refractivity contribution in [3.05, 3.63) is 65.7 Å². The van der Waals surface area contributed by atoms with Gasteiger partial charge in [-0.1, -0.05) is 42.5 Å². The normalized spacial score (nSPS) is 19.9. The van der Waals surface area contributed by atoms with Crippen LogP contribution in [0.25, 0.3) is 0 Å². The first-order valence-electron chi connectivity index (χ1n) is 9.61. The first kappa shape index (κ1) is 17.3. The Kier molecular flexibility index (Phi) is 4.79. The highest BCUT2D eigenvalue weighted by atomic mass is 16.2. The van der Waals surface area contributed by atoms with E-state index >= 15 is 0 Å². The molecule has 1 amide bonds. The third-order valence-electron chi connectivity index (χ3n) is 5.78. The molecule has 1 unspecified atom stereocenters. The molecule has 0 radical (unpaired) electrons. The lowest BCUT2D eigenvalue weighted by atomic mass is 9.95. The second kappa shape index (κ2) is 7.22. The average molecular weight is 349 g/mol. The molecule has 3 N–H and O–H groups in total. The van der Waals surface area contributed by atoms with Crippen molar-refractivity contribution in [3.63, 3.8) is 0 Å². The second-order valence-corrected chi connectivity index (χ2v) is 7.72. The van der Waals surface area contributed by atoms with Gasteiger partial charge in [0.25, 0.3) is 0 Å². The van der Waals surface area contributed by atoms with E-state index in [1.807, 2.05) is 42.5 Å². The summed E-state index contributed by atoms with van der Waals surface area (Å²) in [6, 6.07) is 17.2. The van der Waals surface area contributed by atoms with Crippen molar-refractivity contribution in [2.45, 2.75) is 37.1 Å². The van der Waals surface area contributed by atoms with Gasteiger partial charge < -0.3 is 16.0 Å². The molecule has 1 saturated carbocycles. The Morgan fingerprint density at radius 2 is 1.69 bits per heavy atom. The van der Waals surface area contributed by atoms with E-state index in [-0.39, 0.29) is 5.91 Å². The van der Waals surface area contributed by atoms with Gasteiger partial charge in [-0.15, -0.1) is 0 Å². The number of carbonyl (C=O) groups is 1. The van der Waals surface area contributed by atoms with Crippen LogP contribution in [0.3, 0.4) is 0 Å². The van der Waals surface area contributed by atoms with Crippen LogP contribution in [0.5, 0.6) is 0 Å². The van der Waals surface area contributed by atoms with Gasteiger partial charge in [0, 0.05) is 17.6 Å². The molecule has 0 bridgehead atoms. The number of nitrogens with two attached hydrogens (primary N) is 1. The summed E-state index contributed by atoms with van der Waals surface area (Å²) in [5, 5.41) is 2.94. The number of benzene rings is 2. The monoisotopic (exact) mass is 349 g/mol. The molecule has 136 valence electrons. The molecule has 26 heavy (non-hydrogen) atoms. The van der Waals surface area contributed by atoms with Crippen LogP contribution in [0, 0.1) is 0 Å². The van der Waals surface area contributed by atoms with E-state index < -0.39 is 6.04 Å². The minimum atomic E-state index is -0.652. The lowest BCUT2D eigenvalue weighted by Gasteiger charge is -2.23. The molecule has 0 aromatic heterocycles. The maximum absolute atomic E-state index is 12.4. The Hall–Kier alpha value is -2.17. The predicted octanol–water partition coefficient (Wildman–Crippen LogP) is 3.45. The molecule has 2 aromatic carbocycles. The number of rotatable bonds is 6. The zero-order valence-corrected chi connectivity index (χ0v) is 15.2. The highest BCUT2D eigenvalue weighted by molar-refractivity contribution is 5.95. The second-order valence-electron chi connectivity index (χ2n) is 7.72. The lowest BCUT2D eigenvalue weighted by Crippen LogP contribution is -2.30. The van der Waals surface area contributed by atoms with Gasteiger partial charge in [0.15, 0.2) is 0 Å². The van der Waals surface area contributed by atoms with Gasteiger partial charge in [-0.3, -0.25) is 4.79 Å². The topological polar surface area (TPSA) is 58.4 Å². The van der Waals surface area contributed by atoms with Crippen LogP contribution in [0.15, 0.2) is 54.6 Å². The fraction of sp³-hybridized carbons (Fsp3) is 0.409. The van der Waals surface area contributed by atoms with E-state index in [1.54, 1.807) is 0 Å². The summed E-state index contributed by atoms with van der Waals surface area (Å²) < 4.78 is 0. The molecule has 1 saturated heterocycles. The van der Waals surface area contributed by atoms with Gasteiger partial charge in [0.1, 0.15) is 6.04 Å². The zero-order chi connectivity index (χ0) is 18.0. The van der Waals surface area contributed by atoms with E-state index in [0.29, 0.717) is 5.41 Å².